The van der Waals surface area contributed by atoms with Gasteiger partial charge in [-0.1, -0.05) is 50.3 Å². The van der Waals surface area contributed by atoms with Gasteiger partial charge in [0.25, 0.3) is 0 Å². The van der Waals surface area contributed by atoms with Crippen molar-refractivity contribution in [1.82, 2.24) is 0 Å². The minimum absolute atomic E-state index is 0.451. The number of hydrogen-bond donors (Lipinski definition) is 1. The Morgan fingerprint density at radius 2 is 1.84 bits per heavy atom. The van der Waals surface area contributed by atoms with Crippen LogP contribution in [0.2, 0.25) is 0 Å². The average Bonchev–Trinajstić information content (AvgIpc) is 2.67. The number of benzene rings is 2. The lowest BCUT2D eigenvalue weighted by Crippen LogP contribution is -1.98. The number of hydrogen-bond acceptors (Lipinski definition) is 1. The van der Waals surface area contributed by atoms with E-state index in [1.54, 1.807) is 6.08 Å². The van der Waals surface area contributed by atoms with Gasteiger partial charge < -0.3 is 5.11 Å². The zero-order chi connectivity index (χ0) is 13.6. The van der Waals surface area contributed by atoms with Gasteiger partial charge >= 0.3 is 0 Å². The van der Waals surface area contributed by atoms with Crippen LogP contribution in [0.25, 0.3) is 10.8 Å². The summed E-state index contributed by atoms with van der Waals surface area (Å²) in [5, 5.41) is 12.9. The highest BCUT2D eigenvalue weighted by Gasteiger charge is 2.29. The molecule has 19 heavy (non-hydrogen) atoms. The van der Waals surface area contributed by atoms with E-state index in [0.717, 1.165) is 5.56 Å². The number of rotatable bonds is 3. The minimum atomic E-state index is -0.451. The molecule has 0 fully saturated rings. The largest absolute Gasteiger partial charge is 0.388 e. The van der Waals surface area contributed by atoms with Gasteiger partial charge in [-0.25, -0.2) is 0 Å². The monoisotopic (exact) mass is 252 g/mol. The SMILES string of the molecule is C=CCC(O)c1ccc2c3c(cccc13)C(C)C2C. The van der Waals surface area contributed by atoms with Crippen LogP contribution in [-0.2, 0) is 0 Å². The van der Waals surface area contributed by atoms with E-state index in [4.69, 9.17) is 0 Å². The van der Waals surface area contributed by atoms with E-state index in [0.29, 0.717) is 18.3 Å². The van der Waals surface area contributed by atoms with Gasteiger partial charge in [-0.3, -0.25) is 0 Å². The molecule has 0 amide bonds. The fraction of sp³-hybridized carbons (Fsp3) is 0.333. The molecule has 2 aromatic carbocycles. The lowest BCUT2D eigenvalue weighted by atomic mass is 9.93. The highest BCUT2D eigenvalue weighted by Crippen LogP contribution is 2.47. The van der Waals surface area contributed by atoms with Crippen LogP contribution in [0, 0.1) is 0 Å². The molecule has 0 radical (unpaired) electrons. The van der Waals surface area contributed by atoms with Crippen molar-refractivity contribution in [3.63, 3.8) is 0 Å². The second kappa shape index (κ2) is 4.50. The molecular weight excluding hydrogens is 232 g/mol. The first-order valence-corrected chi connectivity index (χ1v) is 6.99. The zero-order valence-electron chi connectivity index (χ0n) is 11.6. The number of aliphatic hydroxyl groups is 1. The Labute approximate surface area is 114 Å². The minimum Gasteiger partial charge on any atom is -0.388 e. The van der Waals surface area contributed by atoms with Gasteiger partial charge in [-0.05, 0) is 45.7 Å². The summed E-state index contributed by atoms with van der Waals surface area (Å²) in [5.41, 5.74) is 3.88. The van der Waals surface area contributed by atoms with Gasteiger partial charge in [-0.2, -0.15) is 0 Å². The smallest absolute Gasteiger partial charge is 0.0830 e. The molecule has 1 heteroatoms. The van der Waals surface area contributed by atoms with Crippen LogP contribution in [0.4, 0.5) is 0 Å². The fourth-order valence-electron chi connectivity index (χ4n) is 3.36. The molecule has 1 nitrogen and oxygen atoms in total. The molecule has 1 N–H and O–H groups in total. The van der Waals surface area contributed by atoms with Gasteiger partial charge in [-0.15, -0.1) is 6.58 Å². The second-order valence-electron chi connectivity index (χ2n) is 5.63. The molecule has 0 heterocycles. The molecule has 3 atom stereocenters. The van der Waals surface area contributed by atoms with Gasteiger partial charge in [0.2, 0.25) is 0 Å². The summed E-state index contributed by atoms with van der Waals surface area (Å²) >= 11 is 0. The maximum absolute atomic E-state index is 10.3. The molecule has 0 bridgehead atoms. The maximum atomic E-state index is 10.3. The second-order valence-corrected chi connectivity index (χ2v) is 5.63. The Morgan fingerprint density at radius 3 is 2.53 bits per heavy atom. The lowest BCUT2D eigenvalue weighted by molar-refractivity contribution is 0.183. The van der Waals surface area contributed by atoms with E-state index in [1.165, 1.54) is 21.9 Å². The van der Waals surface area contributed by atoms with Crippen LogP contribution in [-0.4, -0.2) is 5.11 Å². The highest BCUT2D eigenvalue weighted by molar-refractivity contribution is 5.94. The molecule has 98 valence electrons. The summed E-state index contributed by atoms with van der Waals surface area (Å²) in [7, 11) is 0. The molecular formula is C18H20O. The Bertz CT molecular complexity index is 627. The summed E-state index contributed by atoms with van der Waals surface area (Å²) in [6.45, 7) is 8.30. The third-order valence-corrected chi connectivity index (χ3v) is 4.62. The number of aliphatic hydroxyl groups excluding tert-OH is 1. The van der Waals surface area contributed by atoms with E-state index >= 15 is 0 Å². The summed E-state index contributed by atoms with van der Waals surface area (Å²) < 4.78 is 0. The summed E-state index contributed by atoms with van der Waals surface area (Å²) in [5.74, 6) is 1.12. The predicted molar refractivity (Wildman–Crippen MR) is 80.6 cm³/mol. The first-order chi connectivity index (χ1) is 9.15. The predicted octanol–water partition coefficient (Wildman–Crippen LogP) is 4.67. The summed E-state index contributed by atoms with van der Waals surface area (Å²) in [4.78, 5) is 0. The quantitative estimate of drug-likeness (QED) is 0.787. The van der Waals surface area contributed by atoms with Crippen LogP contribution in [0.15, 0.2) is 43.0 Å². The summed E-state index contributed by atoms with van der Waals surface area (Å²) in [6, 6.07) is 10.8. The van der Waals surface area contributed by atoms with Gasteiger partial charge in [0.15, 0.2) is 0 Å². The van der Waals surface area contributed by atoms with Crippen molar-refractivity contribution >= 4 is 10.8 Å². The van der Waals surface area contributed by atoms with Crippen molar-refractivity contribution in [1.29, 1.82) is 0 Å². The normalized spacial score (nSPS) is 22.7. The average molecular weight is 252 g/mol. The van der Waals surface area contributed by atoms with E-state index < -0.39 is 6.10 Å². The van der Waals surface area contributed by atoms with Crippen LogP contribution < -0.4 is 0 Å². The van der Waals surface area contributed by atoms with Crippen molar-refractivity contribution in [2.24, 2.45) is 0 Å². The van der Waals surface area contributed by atoms with Gasteiger partial charge in [0, 0.05) is 0 Å². The third kappa shape index (κ3) is 1.73. The van der Waals surface area contributed by atoms with Crippen molar-refractivity contribution in [3.05, 3.63) is 59.7 Å². The Balaban J connectivity index is 2.27. The summed E-state index contributed by atoms with van der Waals surface area (Å²) in [6.07, 6.45) is 1.93. The van der Waals surface area contributed by atoms with Gasteiger partial charge in [0.1, 0.15) is 0 Å². The molecule has 1 aliphatic rings. The highest BCUT2D eigenvalue weighted by atomic mass is 16.3. The van der Waals surface area contributed by atoms with Crippen LogP contribution in [0.1, 0.15) is 54.9 Å². The molecule has 3 rings (SSSR count). The van der Waals surface area contributed by atoms with Crippen molar-refractivity contribution in [2.75, 3.05) is 0 Å². The van der Waals surface area contributed by atoms with Crippen LogP contribution in [0.5, 0.6) is 0 Å². The Morgan fingerprint density at radius 1 is 1.16 bits per heavy atom. The lowest BCUT2D eigenvalue weighted by Gasteiger charge is -2.14. The molecule has 0 spiro atoms. The maximum Gasteiger partial charge on any atom is 0.0830 e. The first kappa shape index (κ1) is 12.4. The van der Waals surface area contributed by atoms with Crippen molar-refractivity contribution in [2.45, 2.75) is 38.2 Å². The van der Waals surface area contributed by atoms with Crippen LogP contribution >= 0.6 is 0 Å². The molecule has 1 aliphatic carbocycles. The molecule has 0 saturated heterocycles. The van der Waals surface area contributed by atoms with Gasteiger partial charge in [0.05, 0.1) is 6.10 Å². The van der Waals surface area contributed by atoms with Crippen molar-refractivity contribution < 1.29 is 5.11 Å². The molecule has 0 saturated carbocycles. The van der Waals surface area contributed by atoms with E-state index in [-0.39, 0.29) is 0 Å². The van der Waals surface area contributed by atoms with E-state index in [2.05, 4.69) is 50.8 Å². The molecule has 2 aromatic rings. The standard InChI is InChI=1S/C18H20O/c1-4-6-17(19)15-10-9-14-12(3)11(2)13-7-5-8-16(15)18(13)14/h4-5,7-12,17,19H,1,6H2,2-3H3. The first-order valence-electron chi connectivity index (χ1n) is 6.99. The Kier molecular flexibility index (Phi) is 2.94. The third-order valence-electron chi connectivity index (χ3n) is 4.62. The topological polar surface area (TPSA) is 20.2 Å². The van der Waals surface area contributed by atoms with Crippen molar-refractivity contribution in [3.8, 4) is 0 Å². The van der Waals surface area contributed by atoms with Crippen LogP contribution in [0.3, 0.4) is 0 Å². The molecule has 0 aliphatic heterocycles. The van der Waals surface area contributed by atoms with E-state index in [9.17, 15) is 5.11 Å². The molecule has 3 unspecified atom stereocenters. The van der Waals surface area contributed by atoms with E-state index in [1.807, 2.05) is 0 Å². The molecule has 0 aromatic heterocycles. The fourth-order valence-corrected chi connectivity index (χ4v) is 3.36. The Hall–Kier alpha value is -1.60. The zero-order valence-corrected chi connectivity index (χ0v) is 11.6.